The summed E-state index contributed by atoms with van der Waals surface area (Å²) in [5.74, 6) is -2.68. The van der Waals surface area contributed by atoms with Crippen molar-refractivity contribution in [2.45, 2.75) is 25.7 Å². The standard InChI is InChI=1S/C24H25N3O6/c1-25(2)12-13-27-23(32)16-9-7-14-19-15(8-10-17(20(16)19)24(27)33)22(31)26(21(14)30)11-5-3-4-6-18(28)29/h7-10H,3-6,11-13H2,1-2H3,(H,28,29). The fourth-order valence-electron chi connectivity index (χ4n) is 4.40. The Balaban J connectivity index is 1.67. The van der Waals surface area contributed by atoms with E-state index in [1.54, 1.807) is 24.3 Å². The van der Waals surface area contributed by atoms with Gasteiger partial charge in [0.25, 0.3) is 23.6 Å². The van der Waals surface area contributed by atoms with E-state index in [0.29, 0.717) is 47.7 Å². The van der Waals surface area contributed by atoms with Crippen molar-refractivity contribution in [3.8, 4) is 0 Å². The lowest BCUT2D eigenvalue weighted by Crippen LogP contribution is -2.45. The van der Waals surface area contributed by atoms with E-state index in [2.05, 4.69) is 0 Å². The molecule has 9 heteroatoms. The van der Waals surface area contributed by atoms with Gasteiger partial charge in [-0.1, -0.05) is 6.42 Å². The molecular weight excluding hydrogens is 426 g/mol. The number of carboxylic acid groups (broad SMARTS) is 1. The van der Waals surface area contributed by atoms with Gasteiger partial charge in [-0.25, -0.2) is 0 Å². The van der Waals surface area contributed by atoms with Gasteiger partial charge in [-0.2, -0.15) is 0 Å². The highest BCUT2D eigenvalue weighted by Crippen LogP contribution is 2.37. The number of benzene rings is 2. The van der Waals surface area contributed by atoms with Crippen LogP contribution < -0.4 is 0 Å². The topological polar surface area (TPSA) is 115 Å². The molecule has 0 atom stereocenters. The fourth-order valence-corrected chi connectivity index (χ4v) is 4.40. The molecule has 0 saturated heterocycles. The minimum Gasteiger partial charge on any atom is -0.481 e. The van der Waals surface area contributed by atoms with Gasteiger partial charge in [0, 0.05) is 59.1 Å². The van der Waals surface area contributed by atoms with E-state index >= 15 is 0 Å². The average molecular weight is 451 g/mol. The number of imide groups is 2. The summed E-state index contributed by atoms with van der Waals surface area (Å²) in [5, 5.41) is 9.47. The number of nitrogens with zero attached hydrogens (tertiary/aromatic N) is 3. The van der Waals surface area contributed by atoms with Crippen molar-refractivity contribution in [3.63, 3.8) is 0 Å². The number of carbonyl (C=O) groups is 5. The van der Waals surface area contributed by atoms with E-state index in [1.807, 2.05) is 19.0 Å². The molecule has 2 aromatic rings. The summed E-state index contributed by atoms with van der Waals surface area (Å²) in [6.45, 7) is 0.936. The van der Waals surface area contributed by atoms with Gasteiger partial charge in [-0.05, 0) is 51.2 Å². The molecular formula is C24H25N3O6. The van der Waals surface area contributed by atoms with Crippen LogP contribution in [-0.4, -0.2) is 83.1 Å². The molecule has 0 spiro atoms. The van der Waals surface area contributed by atoms with Crippen LogP contribution in [0.4, 0.5) is 0 Å². The zero-order valence-electron chi connectivity index (χ0n) is 18.6. The van der Waals surface area contributed by atoms with Crippen LogP contribution in [0.25, 0.3) is 10.8 Å². The van der Waals surface area contributed by atoms with E-state index in [-0.39, 0.29) is 30.6 Å². The van der Waals surface area contributed by atoms with Gasteiger partial charge in [-0.3, -0.25) is 33.8 Å². The molecule has 1 N–H and O–H groups in total. The highest BCUT2D eigenvalue weighted by atomic mass is 16.4. The Morgan fingerprint density at radius 1 is 0.727 bits per heavy atom. The Kier molecular flexibility index (Phi) is 5.99. The first-order chi connectivity index (χ1) is 15.7. The minimum absolute atomic E-state index is 0.0448. The molecule has 0 aliphatic carbocycles. The first-order valence-electron chi connectivity index (χ1n) is 10.9. The van der Waals surface area contributed by atoms with E-state index in [0.717, 1.165) is 4.90 Å². The zero-order valence-corrected chi connectivity index (χ0v) is 18.6. The molecule has 2 aliphatic rings. The summed E-state index contributed by atoms with van der Waals surface area (Å²) in [6.07, 6.45) is 1.59. The van der Waals surface area contributed by atoms with Gasteiger partial charge in [0.1, 0.15) is 0 Å². The maximum absolute atomic E-state index is 13.1. The zero-order chi connectivity index (χ0) is 23.9. The van der Waals surface area contributed by atoms with Crippen LogP contribution in [0.5, 0.6) is 0 Å². The second-order valence-electron chi connectivity index (χ2n) is 8.60. The average Bonchev–Trinajstić information content (AvgIpc) is 2.77. The molecule has 0 aromatic heterocycles. The maximum atomic E-state index is 13.1. The van der Waals surface area contributed by atoms with Crippen LogP contribution >= 0.6 is 0 Å². The molecule has 0 radical (unpaired) electrons. The number of unbranched alkanes of at least 4 members (excludes halogenated alkanes) is 2. The van der Waals surface area contributed by atoms with E-state index in [9.17, 15) is 24.0 Å². The smallest absolute Gasteiger partial charge is 0.303 e. The van der Waals surface area contributed by atoms with Crippen LogP contribution in [-0.2, 0) is 4.79 Å². The first-order valence-corrected chi connectivity index (χ1v) is 10.9. The first kappa shape index (κ1) is 22.6. The number of hydrogen-bond donors (Lipinski definition) is 1. The molecule has 33 heavy (non-hydrogen) atoms. The van der Waals surface area contributed by atoms with Crippen LogP contribution in [0.2, 0.25) is 0 Å². The quantitative estimate of drug-likeness (QED) is 0.459. The lowest BCUT2D eigenvalue weighted by molar-refractivity contribution is -0.137. The summed E-state index contributed by atoms with van der Waals surface area (Å²) in [7, 11) is 3.71. The van der Waals surface area contributed by atoms with E-state index in [4.69, 9.17) is 5.11 Å². The van der Waals surface area contributed by atoms with Crippen LogP contribution in [0, 0.1) is 0 Å². The number of aliphatic carboxylic acids is 1. The normalized spacial score (nSPS) is 15.2. The monoisotopic (exact) mass is 451 g/mol. The molecule has 9 nitrogen and oxygen atoms in total. The summed E-state index contributed by atoms with van der Waals surface area (Å²) >= 11 is 0. The van der Waals surface area contributed by atoms with Gasteiger partial charge in [-0.15, -0.1) is 0 Å². The Hall–Kier alpha value is -3.59. The number of amides is 4. The maximum Gasteiger partial charge on any atom is 0.303 e. The summed E-state index contributed by atoms with van der Waals surface area (Å²) < 4.78 is 0. The van der Waals surface area contributed by atoms with Crippen molar-refractivity contribution in [3.05, 3.63) is 46.5 Å². The molecule has 2 aromatic carbocycles. The molecule has 0 bridgehead atoms. The van der Waals surface area contributed by atoms with Crippen LogP contribution in [0.1, 0.15) is 67.1 Å². The lowest BCUT2D eigenvalue weighted by atomic mass is 9.86. The molecule has 0 fully saturated rings. The van der Waals surface area contributed by atoms with Gasteiger partial charge in [0.2, 0.25) is 0 Å². The highest BCUT2D eigenvalue weighted by molar-refractivity contribution is 6.33. The van der Waals surface area contributed by atoms with Crippen molar-refractivity contribution >= 4 is 40.4 Å². The van der Waals surface area contributed by atoms with Crippen LogP contribution in [0.3, 0.4) is 0 Å². The van der Waals surface area contributed by atoms with Gasteiger partial charge in [0.15, 0.2) is 0 Å². The van der Waals surface area contributed by atoms with E-state index in [1.165, 1.54) is 4.90 Å². The van der Waals surface area contributed by atoms with Gasteiger partial charge >= 0.3 is 5.97 Å². The Labute approximate surface area is 190 Å². The van der Waals surface area contributed by atoms with Crippen molar-refractivity contribution in [2.75, 3.05) is 33.7 Å². The second-order valence-corrected chi connectivity index (χ2v) is 8.60. The number of likely N-dealkylation sites (N-methyl/N-ethyl adjacent to an activating group) is 1. The second kappa shape index (κ2) is 8.74. The third-order valence-electron chi connectivity index (χ3n) is 6.11. The largest absolute Gasteiger partial charge is 0.481 e. The van der Waals surface area contributed by atoms with Crippen molar-refractivity contribution in [1.29, 1.82) is 0 Å². The summed E-state index contributed by atoms with van der Waals surface area (Å²) in [5.41, 5.74) is 1.20. The molecule has 2 heterocycles. The molecule has 172 valence electrons. The Morgan fingerprint density at radius 2 is 1.15 bits per heavy atom. The van der Waals surface area contributed by atoms with Crippen molar-refractivity contribution in [1.82, 2.24) is 14.7 Å². The summed E-state index contributed by atoms with van der Waals surface area (Å²) in [4.78, 5) is 67.4. The molecule has 0 unspecified atom stereocenters. The predicted molar refractivity (Wildman–Crippen MR) is 119 cm³/mol. The molecule has 4 rings (SSSR count). The minimum atomic E-state index is -0.877. The fraction of sp³-hybridized carbons (Fsp3) is 0.375. The highest BCUT2D eigenvalue weighted by Gasteiger charge is 2.39. The lowest BCUT2D eigenvalue weighted by Gasteiger charge is -2.32. The number of rotatable bonds is 9. The third kappa shape index (κ3) is 3.89. The Morgan fingerprint density at radius 3 is 1.55 bits per heavy atom. The number of hydrogen-bond acceptors (Lipinski definition) is 6. The van der Waals surface area contributed by atoms with Gasteiger partial charge in [0.05, 0.1) is 0 Å². The van der Waals surface area contributed by atoms with Gasteiger partial charge < -0.3 is 10.0 Å². The summed E-state index contributed by atoms with van der Waals surface area (Å²) in [6, 6.07) is 6.21. The van der Waals surface area contributed by atoms with E-state index < -0.39 is 29.6 Å². The SMILES string of the molecule is CN(C)CCN1C(=O)c2ccc3c4c(ccc(c24)C1=O)C(=O)N(CCCCCC(=O)O)C3=O. The molecule has 2 aliphatic heterocycles. The Bertz CT molecular complexity index is 1130. The number of carbonyl (C=O) groups excluding carboxylic acids is 4. The predicted octanol–water partition coefficient (Wildman–Crippen LogP) is 2.24. The third-order valence-corrected chi connectivity index (χ3v) is 6.11. The van der Waals surface area contributed by atoms with Crippen LogP contribution in [0.15, 0.2) is 24.3 Å². The number of carboxylic acids is 1. The van der Waals surface area contributed by atoms with Crippen molar-refractivity contribution < 1.29 is 29.1 Å². The molecule has 4 amide bonds. The molecule has 0 saturated carbocycles. The van der Waals surface area contributed by atoms with Crippen molar-refractivity contribution in [2.24, 2.45) is 0 Å².